The third-order valence-electron chi connectivity index (χ3n) is 2.26. The van der Waals surface area contributed by atoms with E-state index in [4.69, 9.17) is 5.73 Å². The second-order valence-electron chi connectivity index (χ2n) is 4.15. The van der Waals surface area contributed by atoms with Gasteiger partial charge in [-0.2, -0.15) is 0 Å². The number of rotatable bonds is 4. The molecule has 0 bridgehead atoms. The lowest BCUT2D eigenvalue weighted by Gasteiger charge is -2.32. The van der Waals surface area contributed by atoms with Gasteiger partial charge in [-0.05, 0) is 37.8 Å². The van der Waals surface area contributed by atoms with E-state index in [2.05, 4.69) is 19.2 Å². The molecule has 1 saturated carbocycles. The van der Waals surface area contributed by atoms with Crippen molar-refractivity contribution >= 4 is 0 Å². The predicted octanol–water partition coefficient (Wildman–Crippen LogP) is 0.969. The zero-order chi connectivity index (χ0) is 8.27. The molecule has 0 unspecified atom stereocenters. The van der Waals surface area contributed by atoms with Crippen LogP contribution < -0.4 is 11.1 Å². The van der Waals surface area contributed by atoms with Crippen molar-refractivity contribution < 1.29 is 0 Å². The highest BCUT2D eigenvalue weighted by Gasteiger charge is 2.24. The number of hydrogen-bond donors (Lipinski definition) is 2. The maximum atomic E-state index is 5.67. The summed E-state index contributed by atoms with van der Waals surface area (Å²) in [5, 5.41) is 3.45. The number of hydrogen-bond acceptors (Lipinski definition) is 2. The van der Waals surface area contributed by atoms with Crippen LogP contribution in [0.5, 0.6) is 0 Å². The van der Waals surface area contributed by atoms with Crippen LogP contribution in [-0.2, 0) is 0 Å². The van der Waals surface area contributed by atoms with E-state index in [1.165, 1.54) is 19.4 Å². The standard InChI is InChI=1S/C9H20N2/c1-7(2)5-11-6-8-3-9(10)4-8/h7-9,11H,3-6,10H2,1-2H3. The lowest BCUT2D eigenvalue weighted by molar-refractivity contribution is 0.254. The fourth-order valence-corrected chi connectivity index (χ4v) is 1.53. The van der Waals surface area contributed by atoms with Gasteiger partial charge in [0, 0.05) is 6.04 Å². The first-order valence-corrected chi connectivity index (χ1v) is 4.64. The fourth-order valence-electron chi connectivity index (χ4n) is 1.53. The Morgan fingerprint density at radius 1 is 1.45 bits per heavy atom. The molecule has 0 saturated heterocycles. The van der Waals surface area contributed by atoms with Crippen molar-refractivity contribution in [3.63, 3.8) is 0 Å². The molecule has 0 aromatic heterocycles. The first kappa shape index (κ1) is 9.01. The van der Waals surface area contributed by atoms with Gasteiger partial charge in [-0.3, -0.25) is 0 Å². The lowest BCUT2D eigenvalue weighted by Crippen LogP contribution is -2.41. The van der Waals surface area contributed by atoms with Crippen LogP contribution >= 0.6 is 0 Å². The molecule has 1 aliphatic rings. The number of nitrogens with two attached hydrogens (primary N) is 1. The minimum Gasteiger partial charge on any atom is -0.328 e. The van der Waals surface area contributed by atoms with Crippen molar-refractivity contribution in [2.45, 2.75) is 32.7 Å². The Labute approximate surface area is 69.5 Å². The molecule has 1 fully saturated rings. The molecule has 2 heteroatoms. The summed E-state index contributed by atoms with van der Waals surface area (Å²) in [6, 6.07) is 0.501. The molecule has 0 heterocycles. The monoisotopic (exact) mass is 156 g/mol. The minimum atomic E-state index is 0.501. The minimum absolute atomic E-state index is 0.501. The molecule has 0 aromatic carbocycles. The van der Waals surface area contributed by atoms with Gasteiger partial charge in [0.25, 0.3) is 0 Å². The molecule has 2 nitrogen and oxygen atoms in total. The van der Waals surface area contributed by atoms with E-state index in [0.717, 1.165) is 18.4 Å². The summed E-state index contributed by atoms with van der Waals surface area (Å²) in [5.74, 6) is 1.63. The molecule has 0 atom stereocenters. The van der Waals surface area contributed by atoms with E-state index in [9.17, 15) is 0 Å². The molecular formula is C9H20N2. The lowest BCUT2D eigenvalue weighted by atomic mass is 9.81. The molecule has 0 aliphatic heterocycles. The summed E-state index contributed by atoms with van der Waals surface area (Å²) in [7, 11) is 0. The van der Waals surface area contributed by atoms with E-state index >= 15 is 0 Å². The van der Waals surface area contributed by atoms with E-state index < -0.39 is 0 Å². The summed E-state index contributed by atoms with van der Waals surface area (Å²) in [5.41, 5.74) is 5.67. The highest BCUT2D eigenvalue weighted by molar-refractivity contribution is 4.83. The van der Waals surface area contributed by atoms with E-state index in [1.54, 1.807) is 0 Å². The Morgan fingerprint density at radius 3 is 2.55 bits per heavy atom. The van der Waals surface area contributed by atoms with Crippen molar-refractivity contribution in [1.29, 1.82) is 0 Å². The Kier molecular flexibility index (Phi) is 3.34. The SMILES string of the molecule is CC(C)CNCC1CC(N)C1. The summed E-state index contributed by atoms with van der Waals surface area (Å²) in [4.78, 5) is 0. The van der Waals surface area contributed by atoms with Gasteiger partial charge in [-0.25, -0.2) is 0 Å². The molecule has 0 amide bonds. The molecule has 66 valence electrons. The quantitative estimate of drug-likeness (QED) is 0.636. The maximum absolute atomic E-state index is 5.67. The van der Waals surface area contributed by atoms with Crippen molar-refractivity contribution in [3.05, 3.63) is 0 Å². The Morgan fingerprint density at radius 2 is 2.09 bits per heavy atom. The third kappa shape index (κ3) is 3.21. The summed E-state index contributed by atoms with van der Waals surface area (Å²) >= 11 is 0. The first-order chi connectivity index (χ1) is 5.18. The molecule has 1 aliphatic carbocycles. The largest absolute Gasteiger partial charge is 0.328 e. The first-order valence-electron chi connectivity index (χ1n) is 4.64. The average Bonchev–Trinajstić information content (AvgIpc) is 1.83. The van der Waals surface area contributed by atoms with Crippen LogP contribution in [0, 0.1) is 11.8 Å². The van der Waals surface area contributed by atoms with Crippen LogP contribution in [0.2, 0.25) is 0 Å². The Bertz CT molecular complexity index is 106. The second-order valence-corrected chi connectivity index (χ2v) is 4.15. The van der Waals surface area contributed by atoms with Crippen LogP contribution in [0.4, 0.5) is 0 Å². The second kappa shape index (κ2) is 4.07. The third-order valence-corrected chi connectivity index (χ3v) is 2.26. The van der Waals surface area contributed by atoms with E-state index in [0.29, 0.717) is 6.04 Å². The number of nitrogens with one attached hydrogen (secondary N) is 1. The van der Waals surface area contributed by atoms with E-state index in [-0.39, 0.29) is 0 Å². The van der Waals surface area contributed by atoms with Crippen LogP contribution in [0.1, 0.15) is 26.7 Å². The highest BCUT2D eigenvalue weighted by atomic mass is 14.9. The van der Waals surface area contributed by atoms with Crippen molar-refractivity contribution in [1.82, 2.24) is 5.32 Å². The topological polar surface area (TPSA) is 38.0 Å². The fraction of sp³-hybridized carbons (Fsp3) is 1.00. The Balaban J connectivity index is 1.89. The van der Waals surface area contributed by atoms with E-state index in [1.807, 2.05) is 0 Å². The molecular weight excluding hydrogens is 136 g/mol. The predicted molar refractivity (Wildman–Crippen MR) is 48.4 cm³/mol. The summed E-state index contributed by atoms with van der Waals surface area (Å²) in [6.45, 7) is 6.79. The summed E-state index contributed by atoms with van der Waals surface area (Å²) < 4.78 is 0. The molecule has 0 radical (unpaired) electrons. The normalized spacial score (nSPS) is 30.5. The van der Waals surface area contributed by atoms with Crippen molar-refractivity contribution in [2.24, 2.45) is 17.6 Å². The van der Waals surface area contributed by atoms with Crippen LogP contribution in [0.3, 0.4) is 0 Å². The van der Waals surface area contributed by atoms with Gasteiger partial charge in [0.05, 0.1) is 0 Å². The molecule has 1 rings (SSSR count). The zero-order valence-electron chi connectivity index (χ0n) is 7.64. The van der Waals surface area contributed by atoms with Crippen LogP contribution in [0.25, 0.3) is 0 Å². The van der Waals surface area contributed by atoms with Gasteiger partial charge in [0.1, 0.15) is 0 Å². The van der Waals surface area contributed by atoms with Gasteiger partial charge in [-0.1, -0.05) is 13.8 Å². The van der Waals surface area contributed by atoms with Gasteiger partial charge >= 0.3 is 0 Å². The van der Waals surface area contributed by atoms with Gasteiger partial charge in [0.15, 0.2) is 0 Å². The van der Waals surface area contributed by atoms with Gasteiger partial charge in [0.2, 0.25) is 0 Å². The molecule has 3 N–H and O–H groups in total. The maximum Gasteiger partial charge on any atom is 0.00450 e. The highest BCUT2D eigenvalue weighted by Crippen LogP contribution is 2.24. The van der Waals surface area contributed by atoms with Crippen LogP contribution in [0.15, 0.2) is 0 Å². The molecule has 0 aromatic rings. The summed E-state index contributed by atoms with van der Waals surface area (Å²) in [6.07, 6.45) is 2.45. The molecule has 0 spiro atoms. The van der Waals surface area contributed by atoms with Crippen LogP contribution in [-0.4, -0.2) is 19.1 Å². The zero-order valence-corrected chi connectivity index (χ0v) is 7.64. The van der Waals surface area contributed by atoms with Gasteiger partial charge in [-0.15, -0.1) is 0 Å². The van der Waals surface area contributed by atoms with Crippen molar-refractivity contribution in [2.75, 3.05) is 13.1 Å². The molecule has 11 heavy (non-hydrogen) atoms. The average molecular weight is 156 g/mol. The van der Waals surface area contributed by atoms with Gasteiger partial charge < -0.3 is 11.1 Å². The Hall–Kier alpha value is -0.0800. The smallest absolute Gasteiger partial charge is 0.00450 e. The van der Waals surface area contributed by atoms with Crippen molar-refractivity contribution in [3.8, 4) is 0 Å².